The van der Waals surface area contributed by atoms with Crippen molar-refractivity contribution in [3.8, 4) is 0 Å². The van der Waals surface area contributed by atoms with Crippen LogP contribution in [-0.2, 0) is 0 Å². The van der Waals surface area contributed by atoms with E-state index in [4.69, 9.17) is 5.73 Å². The van der Waals surface area contributed by atoms with Gasteiger partial charge in [-0.15, -0.1) is 0 Å². The molecule has 13 heavy (non-hydrogen) atoms. The SMILES string of the molecule is CCCN(CC(C)C)C(C)(C)CN. The average Bonchev–Trinajstić information content (AvgIpc) is 2.03. The van der Waals surface area contributed by atoms with Crippen molar-refractivity contribution < 1.29 is 0 Å². The zero-order valence-corrected chi connectivity index (χ0v) is 9.93. The summed E-state index contributed by atoms with van der Waals surface area (Å²) in [5, 5.41) is 0. The van der Waals surface area contributed by atoms with Crippen LogP contribution in [-0.4, -0.2) is 30.1 Å². The molecule has 2 heteroatoms. The van der Waals surface area contributed by atoms with Crippen LogP contribution in [0, 0.1) is 5.92 Å². The molecule has 0 heterocycles. The zero-order chi connectivity index (χ0) is 10.5. The average molecular weight is 186 g/mol. The minimum atomic E-state index is 0.153. The Morgan fingerprint density at radius 1 is 1.31 bits per heavy atom. The largest absolute Gasteiger partial charge is 0.329 e. The molecule has 0 bridgehead atoms. The molecule has 0 atom stereocenters. The maximum Gasteiger partial charge on any atom is 0.0275 e. The summed E-state index contributed by atoms with van der Waals surface area (Å²) >= 11 is 0. The van der Waals surface area contributed by atoms with Gasteiger partial charge in [0, 0.05) is 18.6 Å². The second-order valence-corrected chi connectivity index (χ2v) is 4.86. The van der Waals surface area contributed by atoms with E-state index in [1.807, 2.05) is 0 Å². The summed E-state index contributed by atoms with van der Waals surface area (Å²) in [5.74, 6) is 0.720. The molecule has 2 N–H and O–H groups in total. The maximum atomic E-state index is 5.77. The van der Waals surface area contributed by atoms with E-state index in [-0.39, 0.29) is 5.54 Å². The van der Waals surface area contributed by atoms with Crippen molar-refractivity contribution in [2.24, 2.45) is 11.7 Å². The van der Waals surface area contributed by atoms with Gasteiger partial charge < -0.3 is 5.73 Å². The van der Waals surface area contributed by atoms with Crippen LogP contribution in [0.2, 0.25) is 0 Å². The van der Waals surface area contributed by atoms with Gasteiger partial charge in [-0.05, 0) is 32.7 Å². The van der Waals surface area contributed by atoms with E-state index in [0.717, 1.165) is 25.6 Å². The number of hydrogen-bond donors (Lipinski definition) is 1. The summed E-state index contributed by atoms with van der Waals surface area (Å²) in [6, 6.07) is 0. The van der Waals surface area contributed by atoms with Crippen LogP contribution >= 0.6 is 0 Å². The van der Waals surface area contributed by atoms with Gasteiger partial charge in [0.15, 0.2) is 0 Å². The molecular formula is C11H26N2. The number of nitrogens with two attached hydrogens (primary N) is 1. The van der Waals surface area contributed by atoms with E-state index in [0.29, 0.717) is 0 Å². The van der Waals surface area contributed by atoms with E-state index in [1.165, 1.54) is 6.42 Å². The number of rotatable bonds is 6. The van der Waals surface area contributed by atoms with Gasteiger partial charge in [-0.1, -0.05) is 20.8 Å². The smallest absolute Gasteiger partial charge is 0.0275 e. The van der Waals surface area contributed by atoms with Gasteiger partial charge in [0.1, 0.15) is 0 Å². The fourth-order valence-corrected chi connectivity index (χ4v) is 1.48. The summed E-state index contributed by atoms with van der Waals surface area (Å²) in [7, 11) is 0. The predicted molar refractivity (Wildman–Crippen MR) is 59.8 cm³/mol. The first-order valence-corrected chi connectivity index (χ1v) is 5.39. The molecule has 0 aromatic carbocycles. The van der Waals surface area contributed by atoms with Gasteiger partial charge in [0.25, 0.3) is 0 Å². The molecule has 0 radical (unpaired) electrons. The first kappa shape index (κ1) is 12.9. The Morgan fingerprint density at radius 2 is 1.85 bits per heavy atom. The van der Waals surface area contributed by atoms with Gasteiger partial charge >= 0.3 is 0 Å². The monoisotopic (exact) mass is 186 g/mol. The third-order valence-electron chi connectivity index (χ3n) is 2.43. The highest BCUT2D eigenvalue weighted by molar-refractivity contribution is 4.82. The van der Waals surface area contributed by atoms with E-state index >= 15 is 0 Å². The zero-order valence-electron chi connectivity index (χ0n) is 9.93. The molecule has 80 valence electrons. The second kappa shape index (κ2) is 5.61. The van der Waals surface area contributed by atoms with Crippen LogP contribution < -0.4 is 5.73 Å². The van der Waals surface area contributed by atoms with Crippen molar-refractivity contribution in [3.05, 3.63) is 0 Å². The predicted octanol–water partition coefficient (Wildman–Crippen LogP) is 2.09. The van der Waals surface area contributed by atoms with E-state index in [9.17, 15) is 0 Å². The van der Waals surface area contributed by atoms with Crippen molar-refractivity contribution in [3.63, 3.8) is 0 Å². The van der Waals surface area contributed by atoms with Crippen molar-refractivity contribution in [1.29, 1.82) is 0 Å². The molecule has 2 nitrogen and oxygen atoms in total. The third-order valence-corrected chi connectivity index (χ3v) is 2.43. The molecule has 0 spiro atoms. The van der Waals surface area contributed by atoms with Gasteiger partial charge in [0.2, 0.25) is 0 Å². The van der Waals surface area contributed by atoms with Crippen molar-refractivity contribution in [2.45, 2.75) is 46.6 Å². The Bertz CT molecular complexity index is 130. The maximum absolute atomic E-state index is 5.77. The standard InChI is InChI=1S/C11H26N2/c1-6-7-13(8-10(2)3)11(4,5)9-12/h10H,6-9,12H2,1-5H3. The summed E-state index contributed by atoms with van der Waals surface area (Å²) < 4.78 is 0. The van der Waals surface area contributed by atoms with Crippen LogP contribution in [0.15, 0.2) is 0 Å². The highest BCUT2D eigenvalue weighted by Gasteiger charge is 2.24. The van der Waals surface area contributed by atoms with Crippen LogP contribution in [0.1, 0.15) is 41.0 Å². The quantitative estimate of drug-likeness (QED) is 0.688. The molecule has 0 aliphatic rings. The van der Waals surface area contributed by atoms with Crippen molar-refractivity contribution in [2.75, 3.05) is 19.6 Å². The fourth-order valence-electron chi connectivity index (χ4n) is 1.48. The Kier molecular flexibility index (Phi) is 5.57. The first-order chi connectivity index (χ1) is 5.94. The minimum absolute atomic E-state index is 0.153. The Morgan fingerprint density at radius 3 is 2.15 bits per heavy atom. The summed E-state index contributed by atoms with van der Waals surface area (Å²) in [4.78, 5) is 2.50. The molecule has 0 aromatic rings. The molecule has 0 aliphatic carbocycles. The molecule has 0 rings (SSSR count). The lowest BCUT2D eigenvalue weighted by Crippen LogP contribution is -2.50. The lowest BCUT2D eigenvalue weighted by atomic mass is 10.0. The molecule has 0 saturated heterocycles. The molecule has 0 unspecified atom stereocenters. The van der Waals surface area contributed by atoms with Gasteiger partial charge in [0.05, 0.1) is 0 Å². The van der Waals surface area contributed by atoms with Gasteiger partial charge in [-0.3, -0.25) is 4.90 Å². The van der Waals surface area contributed by atoms with E-state index in [2.05, 4.69) is 39.5 Å². The second-order valence-electron chi connectivity index (χ2n) is 4.86. The topological polar surface area (TPSA) is 29.3 Å². The van der Waals surface area contributed by atoms with Crippen molar-refractivity contribution >= 4 is 0 Å². The molecule has 0 aromatic heterocycles. The molecule has 0 fully saturated rings. The summed E-state index contributed by atoms with van der Waals surface area (Å²) in [6.07, 6.45) is 1.20. The van der Waals surface area contributed by atoms with Gasteiger partial charge in [-0.2, -0.15) is 0 Å². The first-order valence-electron chi connectivity index (χ1n) is 5.39. The fraction of sp³-hybridized carbons (Fsp3) is 1.00. The molecule has 0 saturated carbocycles. The minimum Gasteiger partial charge on any atom is -0.329 e. The summed E-state index contributed by atoms with van der Waals surface area (Å²) in [5.41, 5.74) is 5.92. The van der Waals surface area contributed by atoms with Crippen LogP contribution in [0.5, 0.6) is 0 Å². The molecule has 0 aliphatic heterocycles. The number of hydrogen-bond acceptors (Lipinski definition) is 2. The summed E-state index contributed by atoms with van der Waals surface area (Å²) in [6.45, 7) is 14.2. The van der Waals surface area contributed by atoms with E-state index < -0.39 is 0 Å². The van der Waals surface area contributed by atoms with Gasteiger partial charge in [-0.25, -0.2) is 0 Å². The van der Waals surface area contributed by atoms with E-state index in [1.54, 1.807) is 0 Å². The van der Waals surface area contributed by atoms with Crippen molar-refractivity contribution in [1.82, 2.24) is 4.90 Å². The lowest BCUT2D eigenvalue weighted by Gasteiger charge is -2.38. The van der Waals surface area contributed by atoms with Crippen LogP contribution in [0.3, 0.4) is 0 Å². The highest BCUT2D eigenvalue weighted by atomic mass is 15.2. The Balaban J connectivity index is 4.22. The molecule has 0 amide bonds. The number of nitrogens with zero attached hydrogens (tertiary/aromatic N) is 1. The highest BCUT2D eigenvalue weighted by Crippen LogP contribution is 2.15. The lowest BCUT2D eigenvalue weighted by molar-refractivity contribution is 0.111. The van der Waals surface area contributed by atoms with Crippen LogP contribution in [0.25, 0.3) is 0 Å². The third kappa shape index (κ3) is 4.63. The normalized spacial score (nSPS) is 12.9. The molecular weight excluding hydrogens is 160 g/mol. The Labute approximate surface area is 83.5 Å². The van der Waals surface area contributed by atoms with Crippen LogP contribution in [0.4, 0.5) is 0 Å². The Hall–Kier alpha value is -0.0800.